The number of hydrogen-bond donors (Lipinski definition) is 2. The van der Waals surface area contributed by atoms with Crippen molar-refractivity contribution in [3.8, 4) is 5.75 Å². The Kier molecular flexibility index (Phi) is 20.0. The maximum absolute atomic E-state index is 13.7. The van der Waals surface area contributed by atoms with Crippen LogP contribution in [0.5, 0.6) is 5.75 Å². The van der Waals surface area contributed by atoms with Crippen LogP contribution in [-0.4, -0.2) is 71.2 Å². The monoisotopic (exact) mass is 828 g/mol. The van der Waals surface area contributed by atoms with Crippen molar-refractivity contribution in [3.05, 3.63) is 75.4 Å². The molecular weight excluding hydrogens is 760 g/mol. The molecule has 13 heteroatoms. The molecule has 1 saturated heterocycles. The second-order valence-electron chi connectivity index (χ2n) is 16.7. The van der Waals surface area contributed by atoms with E-state index in [-0.39, 0.29) is 30.0 Å². The zero-order valence-electron chi connectivity index (χ0n) is 37.2. The molecule has 10 atom stereocenters. The predicted octanol–water partition coefficient (Wildman–Crippen LogP) is 7.91. The Morgan fingerprint density at radius 3 is 2.05 bits per heavy atom. The average Bonchev–Trinajstić information content (AvgIpc) is 3.11. The van der Waals surface area contributed by atoms with Crippen LogP contribution < -0.4 is 5.63 Å². The summed E-state index contributed by atoms with van der Waals surface area (Å²) >= 11 is 0. The number of carbonyl (C=O) groups excluding carboxylic acids is 4. The highest BCUT2D eigenvalue weighted by Crippen LogP contribution is 2.40. The molecule has 0 amide bonds. The molecule has 0 bridgehead atoms. The Morgan fingerprint density at radius 2 is 1.51 bits per heavy atom. The minimum Gasteiger partial charge on any atom is -0.507 e. The molecule has 1 aromatic heterocycles. The summed E-state index contributed by atoms with van der Waals surface area (Å²) in [6.07, 6.45) is 8.58. The third-order valence-corrected chi connectivity index (χ3v) is 10.6. The number of rotatable bonds is 20. The number of aliphatic hydroxyl groups is 1. The van der Waals surface area contributed by atoms with Gasteiger partial charge in [0.15, 0.2) is 6.10 Å². The summed E-state index contributed by atoms with van der Waals surface area (Å²) in [4.78, 5) is 62.2. The molecule has 13 nitrogen and oxygen atoms in total. The van der Waals surface area contributed by atoms with E-state index < -0.39 is 83.5 Å². The van der Waals surface area contributed by atoms with Crippen LogP contribution >= 0.6 is 0 Å². The fraction of sp³-hybridized carbons (Fsp3) is 0.630. The van der Waals surface area contributed by atoms with Crippen LogP contribution in [0.25, 0.3) is 0 Å². The summed E-state index contributed by atoms with van der Waals surface area (Å²) in [5.74, 6) is -2.10. The van der Waals surface area contributed by atoms with E-state index >= 15 is 0 Å². The van der Waals surface area contributed by atoms with Gasteiger partial charge in [-0.05, 0) is 64.4 Å². The van der Waals surface area contributed by atoms with Gasteiger partial charge in [0.25, 0.3) is 0 Å². The van der Waals surface area contributed by atoms with Gasteiger partial charge < -0.3 is 38.3 Å². The zero-order chi connectivity index (χ0) is 44.8. The summed E-state index contributed by atoms with van der Waals surface area (Å²) in [6, 6.07) is 1.19. The van der Waals surface area contributed by atoms with Gasteiger partial charge in [-0.1, -0.05) is 82.6 Å². The second kappa shape index (κ2) is 23.3. The number of aliphatic hydroxyl groups excluding tert-OH is 1. The minimum atomic E-state index is -1.47. The highest BCUT2D eigenvalue weighted by atomic mass is 16.6. The first-order valence-electron chi connectivity index (χ1n) is 20.5. The summed E-state index contributed by atoms with van der Waals surface area (Å²) in [5.41, 5.74) is -0.721. The maximum Gasteiger partial charge on any atom is 0.345 e. The van der Waals surface area contributed by atoms with Gasteiger partial charge in [0, 0.05) is 46.1 Å². The topological polar surface area (TPSA) is 185 Å². The van der Waals surface area contributed by atoms with Gasteiger partial charge in [0.2, 0.25) is 0 Å². The fourth-order valence-corrected chi connectivity index (χ4v) is 7.47. The smallest absolute Gasteiger partial charge is 0.345 e. The van der Waals surface area contributed by atoms with Gasteiger partial charge in [0.1, 0.15) is 41.5 Å². The van der Waals surface area contributed by atoms with Gasteiger partial charge >= 0.3 is 29.5 Å². The van der Waals surface area contributed by atoms with E-state index in [1.54, 1.807) is 26.0 Å². The minimum absolute atomic E-state index is 0.000164. The molecule has 2 N–H and O–H groups in total. The molecule has 1 aromatic rings. The second-order valence-corrected chi connectivity index (χ2v) is 16.7. The first-order chi connectivity index (χ1) is 27.5. The van der Waals surface area contributed by atoms with Crippen LogP contribution in [-0.2, 0) is 48.3 Å². The molecule has 1 aliphatic heterocycles. The lowest BCUT2D eigenvalue weighted by molar-refractivity contribution is -0.213. The van der Waals surface area contributed by atoms with Crippen molar-refractivity contribution in [2.45, 2.75) is 158 Å². The first-order valence-corrected chi connectivity index (χ1v) is 20.5. The third-order valence-electron chi connectivity index (χ3n) is 10.6. The lowest BCUT2D eigenvalue weighted by Gasteiger charge is -2.40. The van der Waals surface area contributed by atoms with Gasteiger partial charge in [-0.25, -0.2) is 4.79 Å². The molecule has 2 heterocycles. The van der Waals surface area contributed by atoms with Crippen molar-refractivity contribution in [1.82, 2.24) is 0 Å². The predicted molar refractivity (Wildman–Crippen MR) is 223 cm³/mol. The largest absolute Gasteiger partial charge is 0.507 e. The molecule has 0 aromatic carbocycles. The number of esters is 4. The molecule has 0 aliphatic carbocycles. The quantitative estimate of drug-likeness (QED) is 0.0735. The summed E-state index contributed by atoms with van der Waals surface area (Å²) in [7, 11) is 0. The Morgan fingerprint density at radius 1 is 0.898 bits per heavy atom. The van der Waals surface area contributed by atoms with Crippen LogP contribution in [0, 0.1) is 23.7 Å². The highest BCUT2D eigenvalue weighted by Gasteiger charge is 2.47. The standard InChI is InChI=1S/C46H68O13/c1-14-26(2)20-29(5)21-27(3)16-15-17-30(6)42(56-34(10)50)31(7)22-28(4)18-19-39(55-33(9)49)46(12,13)40-24-37(52)41(45(53)59-40)44-43(57-35(11)51)38(54-32(8)48)23-36(25-47)58-44/h15-16,18-19,21-22,24,26,29-31,36,38-39,42-44,47,52H,14,17,20,23,25H2,1-13H3/b16-15+,19-18+,27-21+,28-22+. The molecule has 1 fully saturated rings. The van der Waals surface area contributed by atoms with Crippen LogP contribution in [0.1, 0.15) is 133 Å². The van der Waals surface area contributed by atoms with Crippen molar-refractivity contribution in [2.75, 3.05) is 6.61 Å². The molecule has 0 saturated carbocycles. The molecular formula is C46H68O13. The highest BCUT2D eigenvalue weighted by molar-refractivity contribution is 5.68. The van der Waals surface area contributed by atoms with E-state index in [2.05, 4.69) is 45.9 Å². The molecule has 59 heavy (non-hydrogen) atoms. The Balaban J connectivity index is 2.42. The van der Waals surface area contributed by atoms with Gasteiger partial charge in [-0.15, -0.1) is 0 Å². The third kappa shape index (κ3) is 15.9. The first kappa shape index (κ1) is 50.7. The number of aromatic hydroxyl groups is 1. The SMILES string of the molecule is CCC(C)CC(C)/C=C(C)/C=C/CC(C)C(OC(C)=O)C(C)/C=C(C)/C=C/C(OC(C)=O)C(C)(C)c1cc(O)c(C2OC(CO)CC(OC(C)=O)C2OC(C)=O)c(=O)o1. The van der Waals surface area contributed by atoms with Crippen LogP contribution in [0.4, 0.5) is 0 Å². The average molecular weight is 829 g/mol. The lowest BCUT2D eigenvalue weighted by Crippen LogP contribution is -2.49. The van der Waals surface area contributed by atoms with Crippen LogP contribution in [0.15, 0.2) is 62.9 Å². The Hall–Kier alpha value is -4.49. The zero-order valence-corrected chi connectivity index (χ0v) is 37.2. The van der Waals surface area contributed by atoms with E-state index in [4.69, 9.17) is 28.1 Å². The van der Waals surface area contributed by atoms with Crippen molar-refractivity contribution >= 4 is 23.9 Å². The number of ether oxygens (including phenoxy) is 5. The summed E-state index contributed by atoms with van der Waals surface area (Å²) < 4.78 is 33.9. The molecule has 330 valence electrons. The molecule has 0 spiro atoms. The van der Waals surface area contributed by atoms with Crippen LogP contribution in [0.3, 0.4) is 0 Å². The Labute approximate surface area is 349 Å². The maximum atomic E-state index is 13.7. The molecule has 1 aliphatic rings. The molecule has 2 rings (SSSR count). The number of allylic oxidation sites excluding steroid dienone is 6. The van der Waals surface area contributed by atoms with E-state index in [1.807, 2.05) is 26.8 Å². The number of hydrogen-bond acceptors (Lipinski definition) is 13. The fourth-order valence-electron chi connectivity index (χ4n) is 7.47. The van der Waals surface area contributed by atoms with Gasteiger partial charge in [0.05, 0.1) is 18.1 Å². The number of carbonyl (C=O) groups is 4. The molecule has 0 radical (unpaired) electrons. The van der Waals surface area contributed by atoms with Crippen LogP contribution in [0.2, 0.25) is 0 Å². The van der Waals surface area contributed by atoms with Gasteiger partial charge in [-0.3, -0.25) is 19.2 Å². The van der Waals surface area contributed by atoms with Gasteiger partial charge in [-0.2, -0.15) is 0 Å². The van der Waals surface area contributed by atoms with Crippen molar-refractivity contribution in [3.63, 3.8) is 0 Å². The normalized spacial score (nSPS) is 22.3. The molecule has 10 unspecified atom stereocenters. The Bertz CT molecular complexity index is 1770. The van der Waals surface area contributed by atoms with Crippen molar-refractivity contribution < 1.29 is 57.5 Å². The summed E-state index contributed by atoms with van der Waals surface area (Å²) in [5, 5.41) is 21.2. The van der Waals surface area contributed by atoms with E-state index in [0.29, 0.717) is 18.3 Å². The van der Waals surface area contributed by atoms with E-state index in [9.17, 15) is 34.2 Å². The van der Waals surface area contributed by atoms with Crippen molar-refractivity contribution in [2.24, 2.45) is 23.7 Å². The van der Waals surface area contributed by atoms with Crippen molar-refractivity contribution in [1.29, 1.82) is 0 Å². The summed E-state index contributed by atoms with van der Waals surface area (Å²) in [6.45, 7) is 22.4. The lowest BCUT2D eigenvalue weighted by atomic mass is 9.82. The van der Waals surface area contributed by atoms with E-state index in [1.165, 1.54) is 25.5 Å². The van der Waals surface area contributed by atoms with E-state index in [0.717, 1.165) is 32.3 Å².